The molecule has 0 atom stereocenters. The number of hydrogen-bond acceptors (Lipinski definition) is 3. The van der Waals surface area contributed by atoms with Crippen LogP contribution in [0.3, 0.4) is 0 Å². The Labute approximate surface area is 320 Å². The van der Waals surface area contributed by atoms with Crippen LogP contribution in [0.4, 0.5) is 0 Å². The van der Waals surface area contributed by atoms with E-state index in [0.717, 1.165) is 27.8 Å². The molecular formula is C52H33N3. The van der Waals surface area contributed by atoms with Crippen molar-refractivity contribution in [3.05, 3.63) is 222 Å². The van der Waals surface area contributed by atoms with Gasteiger partial charge in [-0.25, -0.2) is 15.0 Å². The molecule has 1 heterocycles. The molecule has 2 aliphatic carbocycles. The van der Waals surface area contributed by atoms with Crippen LogP contribution in [0.15, 0.2) is 200 Å². The number of nitrogens with zero attached hydrogens (tertiary/aromatic N) is 3. The summed E-state index contributed by atoms with van der Waals surface area (Å²) in [7, 11) is 0. The van der Waals surface area contributed by atoms with Crippen molar-refractivity contribution in [2.75, 3.05) is 0 Å². The maximum Gasteiger partial charge on any atom is 0.164 e. The second-order valence-corrected chi connectivity index (χ2v) is 14.3. The molecule has 1 aromatic heterocycles. The first-order valence-electron chi connectivity index (χ1n) is 18.8. The first kappa shape index (κ1) is 31.3. The van der Waals surface area contributed by atoms with Crippen LogP contribution in [0.25, 0.3) is 78.7 Å². The molecule has 0 aliphatic heterocycles. The van der Waals surface area contributed by atoms with Crippen LogP contribution in [0, 0.1) is 0 Å². The van der Waals surface area contributed by atoms with Gasteiger partial charge >= 0.3 is 0 Å². The van der Waals surface area contributed by atoms with Crippen molar-refractivity contribution in [3.8, 4) is 78.7 Å². The molecule has 8 aromatic carbocycles. The van der Waals surface area contributed by atoms with Crippen LogP contribution in [0.1, 0.15) is 22.3 Å². The standard InChI is InChI=1S/C52H33N3/c1-3-13-34(14-4-1)36-23-27-38(28-24-36)49-53-50(39-29-25-37(26-30-39)35-15-5-2-6-16-35)55-51(54-49)40-31-32-48-44(33-40)43-19-9-12-22-47(43)52(48)45-20-10-7-17-41(45)42-18-8-11-21-46(42)52/h1-33H. The predicted molar refractivity (Wildman–Crippen MR) is 223 cm³/mol. The second-order valence-electron chi connectivity index (χ2n) is 14.3. The van der Waals surface area contributed by atoms with Crippen molar-refractivity contribution in [3.63, 3.8) is 0 Å². The second kappa shape index (κ2) is 12.4. The Hall–Kier alpha value is -7.23. The summed E-state index contributed by atoms with van der Waals surface area (Å²) >= 11 is 0. The summed E-state index contributed by atoms with van der Waals surface area (Å²) in [5.74, 6) is 1.93. The summed E-state index contributed by atoms with van der Waals surface area (Å²) in [4.78, 5) is 15.5. The first-order valence-corrected chi connectivity index (χ1v) is 18.8. The van der Waals surface area contributed by atoms with Crippen LogP contribution >= 0.6 is 0 Å². The molecule has 55 heavy (non-hydrogen) atoms. The van der Waals surface area contributed by atoms with Crippen LogP contribution in [0.2, 0.25) is 0 Å². The third-order valence-corrected chi connectivity index (χ3v) is 11.4. The Kier molecular flexibility index (Phi) is 7.08. The van der Waals surface area contributed by atoms with Gasteiger partial charge in [-0.2, -0.15) is 0 Å². The highest BCUT2D eigenvalue weighted by atomic mass is 15.0. The van der Waals surface area contributed by atoms with E-state index in [-0.39, 0.29) is 0 Å². The van der Waals surface area contributed by atoms with E-state index in [1.807, 2.05) is 12.1 Å². The van der Waals surface area contributed by atoms with Crippen LogP contribution < -0.4 is 0 Å². The average molecular weight is 700 g/mol. The molecule has 0 radical (unpaired) electrons. The molecule has 11 rings (SSSR count). The minimum absolute atomic E-state index is 0.395. The SMILES string of the molecule is c1ccc(-c2ccc(-c3nc(-c4ccc(-c5ccccc5)cc4)nc(-c4ccc5c(c4)-c4ccccc4C54c5ccccc5-c5ccccc54)n3)cc2)cc1. The molecule has 9 aromatic rings. The zero-order chi connectivity index (χ0) is 36.3. The van der Waals surface area contributed by atoms with Gasteiger partial charge in [-0.3, -0.25) is 0 Å². The van der Waals surface area contributed by atoms with Gasteiger partial charge in [0.1, 0.15) is 0 Å². The van der Waals surface area contributed by atoms with E-state index < -0.39 is 5.41 Å². The quantitative estimate of drug-likeness (QED) is 0.179. The maximum absolute atomic E-state index is 5.19. The molecule has 256 valence electrons. The highest BCUT2D eigenvalue weighted by Gasteiger charge is 2.51. The van der Waals surface area contributed by atoms with Gasteiger partial charge in [-0.05, 0) is 72.8 Å². The largest absolute Gasteiger partial charge is 0.208 e. The molecule has 0 N–H and O–H groups in total. The van der Waals surface area contributed by atoms with Gasteiger partial charge in [0.2, 0.25) is 0 Å². The van der Waals surface area contributed by atoms with Gasteiger partial charge in [0.15, 0.2) is 17.5 Å². The normalized spacial score (nSPS) is 12.9. The zero-order valence-electron chi connectivity index (χ0n) is 29.9. The van der Waals surface area contributed by atoms with Gasteiger partial charge in [0.25, 0.3) is 0 Å². The Balaban J connectivity index is 1.08. The summed E-state index contributed by atoms with van der Waals surface area (Å²) in [5.41, 5.74) is 17.4. The molecule has 2 aliphatic rings. The first-order chi connectivity index (χ1) is 27.3. The lowest BCUT2D eigenvalue weighted by atomic mass is 9.70. The fourth-order valence-electron chi connectivity index (χ4n) is 8.89. The van der Waals surface area contributed by atoms with Crippen molar-refractivity contribution in [1.82, 2.24) is 15.0 Å². The van der Waals surface area contributed by atoms with Crippen LogP contribution in [0.5, 0.6) is 0 Å². The third-order valence-electron chi connectivity index (χ3n) is 11.4. The van der Waals surface area contributed by atoms with Crippen LogP contribution in [-0.2, 0) is 5.41 Å². The average Bonchev–Trinajstić information content (AvgIpc) is 3.74. The Morgan fingerprint density at radius 3 is 1.00 bits per heavy atom. The van der Waals surface area contributed by atoms with Gasteiger partial charge in [0, 0.05) is 16.7 Å². The number of rotatable bonds is 5. The molecule has 0 bridgehead atoms. The van der Waals surface area contributed by atoms with Gasteiger partial charge in [-0.1, -0.05) is 194 Å². The molecule has 0 amide bonds. The molecule has 1 spiro atoms. The monoisotopic (exact) mass is 699 g/mol. The van der Waals surface area contributed by atoms with Gasteiger partial charge < -0.3 is 0 Å². The number of benzene rings is 8. The summed E-state index contributed by atoms with van der Waals surface area (Å²) in [6.07, 6.45) is 0. The smallest absolute Gasteiger partial charge is 0.164 e. The highest BCUT2D eigenvalue weighted by molar-refractivity contribution is 5.96. The van der Waals surface area contributed by atoms with Gasteiger partial charge in [-0.15, -0.1) is 0 Å². The van der Waals surface area contributed by atoms with E-state index in [0.29, 0.717) is 17.5 Å². The summed E-state index contributed by atoms with van der Waals surface area (Å²) in [6.45, 7) is 0. The molecule has 3 heteroatoms. The van der Waals surface area contributed by atoms with E-state index >= 15 is 0 Å². The third kappa shape index (κ3) is 4.87. The van der Waals surface area contributed by atoms with E-state index in [2.05, 4.69) is 188 Å². The van der Waals surface area contributed by atoms with E-state index in [9.17, 15) is 0 Å². The van der Waals surface area contributed by atoms with Crippen LogP contribution in [-0.4, -0.2) is 15.0 Å². The molecule has 0 unspecified atom stereocenters. The van der Waals surface area contributed by atoms with Crippen molar-refractivity contribution in [1.29, 1.82) is 0 Å². The lowest BCUT2D eigenvalue weighted by Gasteiger charge is -2.30. The summed E-state index contributed by atoms with van der Waals surface area (Å²) in [5, 5.41) is 0. The van der Waals surface area contributed by atoms with Crippen molar-refractivity contribution in [2.24, 2.45) is 0 Å². The van der Waals surface area contributed by atoms with Gasteiger partial charge in [0.05, 0.1) is 5.41 Å². The maximum atomic E-state index is 5.19. The lowest BCUT2D eigenvalue weighted by molar-refractivity contribution is 0.794. The predicted octanol–water partition coefficient (Wildman–Crippen LogP) is 12.6. The molecular weight excluding hydrogens is 667 g/mol. The van der Waals surface area contributed by atoms with Crippen molar-refractivity contribution >= 4 is 0 Å². The van der Waals surface area contributed by atoms with E-state index in [4.69, 9.17) is 15.0 Å². The molecule has 0 saturated carbocycles. The summed E-state index contributed by atoms with van der Waals surface area (Å²) < 4.78 is 0. The zero-order valence-corrected chi connectivity index (χ0v) is 29.9. The molecule has 0 saturated heterocycles. The molecule has 0 fully saturated rings. The summed E-state index contributed by atoms with van der Waals surface area (Å²) in [6, 6.07) is 71.4. The van der Waals surface area contributed by atoms with E-state index in [1.165, 1.54) is 55.6 Å². The fraction of sp³-hybridized carbons (Fsp3) is 0.0192. The Bertz CT molecular complexity index is 2750. The minimum Gasteiger partial charge on any atom is -0.208 e. The number of aromatic nitrogens is 3. The Morgan fingerprint density at radius 1 is 0.236 bits per heavy atom. The molecule has 3 nitrogen and oxygen atoms in total. The topological polar surface area (TPSA) is 38.7 Å². The van der Waals surface area contributed by atoms with Crippen molar-refractivity contribution < 1.29 is 0 Å². The lowest BCUT2D eigenvalue weighted by Crippen LogP contribution is -2.25. The number of hydrogen-bond donors (Lipinski definition) is 0. The van der Waals surface area contributed by atoms with E-state index in [1.54, 1.807) is 0 Å². The minimum atomic E-state index is -0.395. The number of fused-ring (bicyclic) bond motifs is 10. The fourth-order valence-corrected chi connectivity index (χ4v) is 8.89. The highest BCUT2D eigenvalue weighted by Crippen LogP contribution is 2.62. The Morgan fingerprint density at radius 2 is 0.545 bits per heavy atom. The van der Waals surface area contributed by atoms with Crippen molar-refractivity contribution in [2.45, 2.75) is 5.41 Å².